The monoisotopic (exact) mass is 456 g/mol. The SMILES string of the molecule is C/C=C1/Oc2cccc(-c3c(-c4c(O)c(O)c(O)c(O)c4O)ccc4ccccc34)c2C1(C)C. The number of phenols is 5. The molecule has 0 spiro atoms. The average Bonchev–Trinajstić information content (AvgIpc) is 3.11. The number of fused-ring (bicyclic) bond motifs is 2. The first-order valence-electron chi connectivity index (χ1n) is 10.9. The van der Waals surface area contributed by atoms with Gasteiger partial charge in [-0.1, -0.05) is 48.5 Å². The summed E-state index contributed by atoms with van der Waals surface area (Å²) >= 11 is 0. The first-order chi connectivity index (χ1) is 16.2. The highest BCUT2D eigenvalue weighted by atomic mass is 16.5. The maximum Gasteiger partial charge on any atom is 0.208 e. The van der Waals surface area contributed by atoms with E-state index in [1.165, 1.54) is 0 Å². The first-order valence-corrected chi connectivity index (χ1v) is 10.9. The van der Waals surface area contributed by atoms with Gasteiger partial charge in [-0.25, -0.2) is 0 Å². The van der Waals surface area contributed by atoms with Gasteiger partial charge in [-0.15, -0.1) is 0 Å². The zero-order valence-electron chi connectivity index (χ0n) is 18.9. The molecule has 6 nitrogen and oxygen atoms in total. The van der Waals surface area contributed by atoms with E-state index < -0.39 is 34.2 Å². The highest BCUT2D eigenvalue weighted by Crippen LogP contribution is 2.58. The van der Waals surface area contributed by atoms with Gasteiger partial charge >= 0.3 is 0 Å². The molecule has 6 heteroatoms. The van der Waals surface area contributed by atoms with E-state index in [0.717, 1.165) is 27.7 Å². The van der Waals surface area contributed by atoms with Crippen LogP contribution in [0.1, 0.15) is 26.3 Å². The summed E-state index contributed by atoms with van der Waals surface area (Å²) in [5, 5.41) is 53.6. The van der Waals surface area contributed by atoms with Crippen molar-refractivity contribution in [2.45, 2.75) is 26.2 Å². The minimum Gasteiger partial charge on any atom is -0.504 e. The smallest absolute Gasteiger partial charge is 0.208 e. The minimum absolute atomic E-state index is 0.186. The number of rotatable bonds is 2. The molecule has 0 bridgehead atoms. The van der Waals surface area contributed by atoms with Gasteiger partial charge in [0.2, 0.25) is 17.2 Å². The Balaban J connectivity index is 1.96. The number of ether oxygens (including phenoxy) is 1. The van der Waals surface area contributed by atoms with Crippen molar-refractivity contribution in [1.82, 2.24) is 0 Å². The Labute approximate surface area is 196 Å². The van der Waals surface area contributed by atoms with Gasteiger partial charge in [-0.2, -0.15) is 0 Å². The molecule has 0 fully saturated rings. The number of allylic oxidation sites excluding steroid dienone is 2. The molecule has 0 aromatic heterocycles. The summed E-state index contributed by atoms with van der Waals surface area (Å²) in [5.74, 6) is -2.77. The third kappa shape index (κ3) is 2.81. The predicted molar refractivity (Wildman–Crippen MR) is 131 cm³/mol. The fourth-order valence-corrected chi connectivity index (χ4v) is 4.97. The Morgan fingerprint density at radius 2 is 1.32 bits per heavy atom. The van der Waals surface area contributed by atoms with Crippen LogP contribution in [0.15, 0.2) is 66.4 Å². The molecule has 34 heavy (non-hydrogen) atoms. The van der Waals surface area contributed by atoms with Crippen molar-refractivity contribution in [1.29, 1.82) is 0 Å². The summed E-state index contributed by atoms with van der Waals surface area (Å²) in [4.78, 5) is 0. The molecule has 1 aliphatic heterocycles. The van der Waals surface area contributed by atoms with Crippen molar-refractivity contribution in [3.05, 3.63) is 72.0 Å². The molecular formula is C28H24O6. The Hall–Kier alpha value is -4.32. The maximum absolute atomic E-state index is 10.7. The highest BCUT2D eigenvalue weighted by molar-refractivity contribution is 6.07. The van der Waals surface area contributed by atoms with Crippen LogP contribution in [0.25, 0.3) is 33.0 Å². The lowest BCUT2D eigenvalue weighted by atomic mass is 9.77. The van der Waals surface area contributed by atoms with Crippen LogP contribution in [-0.4, -0.2) is 25.5 Å². The van der Waals surface area contributed by atoms with E-state index in [-0.39, 0.29) is 5.56 Å². The van der Waals surface area contributed by atoms with Crippen molar-refractivity contribution < 1.29 is 30.3 Å². The van der Waals surface area contributed by atoms with Crippen molar-refractivity contribution in [2.75, 3.05) is 0 Å². The predicted octanol–water partition coefficient (Wildman–Crippen LogP) is 6.28. The number of benzene rings is 4. The van der Waals surface area contributed by atoms with Crippen LogP contribution in [0.4, 0.5) is 0 Å². The standard InChI is InChI=1S/C28H24O6/c1-4-19-28(2,3)22-17(10-7-11-18(22)34-19)20-15-9-6-5-8-14(15)12-13-16(20)21-23(29)25(31)27(33)26(32)24(21)30/h4-13,29-33H,1-3H3/b19-4+. The number of hydrogen-bond donors (Lipinski definition) is 5. The minimum atomic E-state index is -0.992. The normalized spacial score (nSPS) is 15.4. The van der Waals surface area contributed by atoms with E-state index in [4.69, 9.17) is 4.74 Å². The summed E-state index contributed by atoms with van der Waals surface area (Å²) in [7, 11) is 0. The van der Waals surface area contributed by atoms with Crippen LogP contribution in [-0.2, 0) is 5.41 Å². The van der Waals surface area contributed by atoms with Gasteiger partial charge in [0, 0.05) is 5.56 Å². The number of phenolic OH excluding ortho intramolecular Hbond substituents is 5. The van der Waals surface area contributed by atoms with E-state index in [2.05, 4.69) is 13.8 Å². The third-order valence-corrected chi connectivity index (χ3v) is 6.59. The summed E-state index contributed by atoms with van der Waals surface area (Å²) in [6, 6.07) is 17.0. The van der Waals surface area contributed by atoms with Gasteiger partial charge in [-0.3, -0.25) is 0 Å². The molecule has 1 aliphatic rings. The van der Waals surface area contributed by atoms with Crippen molar-refractivity contribution in [2.24, 2.45) is 0 Å². The molecular weight excluding hydrogens is 432 g/mol. The Kier molecular flexibility index (Phi) is 4.65. The van der Waals surface area contributed by atoms with Gasteiger partial charge in [0.05, 0.1) is 11.0 Å². The summed E-state index contributed by atoms with van der Waals surface area (Å²) in [6.07, 6.45) is 1.93. The van der Waals surface area contributed by atoms with Crippen LogP contribution < -0.4 is 4.74 Å². The zero-order valence-corrected chi connectivity index (χ0v) is 18.9. The molecule has 1 heterocycles. The molecule has 4 aromatic carbocycles. The van der Waals surface area contributed by atoms with Crippen LogP contribution in [0, 0.1) is 0 Å². The van der Waals surface area contributed by atoms with E-state index in [0.29, 0.717) is 16.9 Å². The topological polar surface area (TPSA) is 110 Å². The summed E-state index contributed by atoms with van der Waals surface area (Å²) < 4.78 is 6.14. The molecule has 0 aliphatic carbocycles. The molecule has 4 aromatic rings. The third-order valence-electron chi connectivity index (χ3n) is 6.59. The Morgan fingerprint density at radius 3 is 2.00 bits per heavy atom. The van der Waals surface area contributed by atoms with Crippen molar-refractivity contribution in [3.63, 3.8) is 0 Å². The van der Waals surface area contributed by atoms with Crippen molar-refractivity contribution in [3.8, 4) is 56.8 Å². The Morgan fingerprint density at radius 1 is 0.676 bits per heavy atom. The van der Waals surface area contributed by atoms with Gasteiger partial charge < -0.3 is 30.3 Å². The van der Waals surface area contributed by atoms with E-state index in [1.54, 1.807) is 6.07 Å². The van der Waals surface area contributed by atoms with Crippen molar-refractivity contribution >= 4 is 10.8 Å². The van der Waals surface area contributed by atoms with Crippen LogP contribution >= 0.6 is 0 Å². The number of hydrogen-bond acceptors (Lipinski definition) is 6. The molecule has 0 radical (unpaired) electrons. The molecule has 172 valence electrons. The zero-order chi connectivity index (χ0) is 24.4. The number of aromatic hydroxyl groups is 5. The van der Waals surface area contributed by atoms with Crippen LogP contribution in [0.3, 0.4) is 0 Å². The van der Waals surface area contributed by atoms with Gasteiger partial charge in [0.1, 0.15) is 11.5 Å². The molecule has 0 saturated heterocycles. The van der Waals surface area contributed by atoms with Gasteiger partial charge in [0.15, 0.2) is 11.5 Å². The second-order valence-electron chi connectivity index (χ2n) is 8.89. The van der Waals surface area contributed by atoms with Gasteiger partial charge in [-0.05, 0) is 60.4 Å². The fraction of sp³-hybridized carbons (Fsp3) is 0.143. The first kappa shape index (κ1) is 21.5. The Bertz CT molecular complexity index is 1480. The summed E-state index contributed by atoms with van der Waals surface area (Å²) in [6.45, 7) is 6.05. The fourth-order valence-electron chi connectivity index (χ4n) is 4.97. The lowest BCUT2D eigenvalue weighted by Gasteiger charge is -2.24. The lowest BCUT2D eigenvalue weighted by molar-refractivity contribution is 0.330. The molecule has 0 amide bonds. The highest BCUT2D eigenvalue weighted by Gasteiger charge is 2.40. The van der Waals surface area contributed by atoms with E-state index in [1.807, 2.05) is 61.5 Å². The summed E-state index contributed by atoms with van der Waals surface area (Å²) in [5.41, 5.74) is 2.16. The molecule has 0 atom stereocenters. The van der Waals surface area contributed by atoms with E-state index >= 15 is 0 Å². The average molecular weight is 456 g/mol. The second kappa shape index (κ2) is 7.35. The molecule has 5 rings (SSSR count). The van der Waals surface area contributed by atoms with Crippen LogP contribution in [0.5, 0.6) is 34.5 Å². The largest absolute Gasteiger partial charge is 0.504 e. The second-order valence-corrected chi connectivity index (χ2v) is 8.89. The molecule has 0 saturated carbocycles. The van der Waals surface area contributed by atoms with E-state index in [9.17, 15) is 25.5 Å². The molecule has 5 N–H and O–H groups in total. The lowest BCUT2D eigenvalue weighted by Crippen LogP contribution is -2.17. The van der Waals surface area contributed by atoms with Gasteiger partial charge in [0.25, 0.3) is 0 Å². The van der Waals surface area contributed by atoms with Crippen LogP contribution in [0.2, 0.25) is 0 Å². The maximum atomic E-state index is 10.7. The molecule has 0 unspecified atom stereocenters. The quantitative estimate of drug-likeness (QED) is 0.179.